The van der Waals surface area contributed by atoms with Crippen LogP contribution in [0.3, 0.4) is 0 Å². The summed E-state index contributed by atoms with van der Waals surface area (Å²) in [5.74, 6) is -0.398. The molecule has 0 unspecified atom stereocenters. The lowest BCUT2D eigenvalue weighted by Crippen LogP contribution is -2.32. The first kappa shape index (κ1) is 14.3. The number of hydrogen-bond acceptors (Lipinski definition) is 5. The maximum absolute atomic E-state index is 11.9. The van der Waals surface area contributed by atoms with Crippen LogP contribution in [0.1, 0.15) is 13.8 Å². The predicted octanol–water partition coefficient (Wildman–Crippen LogP) is 0.0810. The van der Waals surface area contributed by atoms with Crippen LogP contribution in [0.5, 0.6) is 0 Å². The van der Waals surface area contributed by atoms with Gasteiger partial charge in [0.15, 0.2) is 4.60 Å². The zero-order valence-electron chi connectivity index (χ0n) is 9.64. The molecule has 1 aromatic rings. The molecular formula is C8H13BrN4O3S. The van der Waals surface area contributed by atoms with Crippen LogP contribution < -0.4 is 4.72 Å². The van der Waals surface area contributed by atoms with E-state index >= 15 is 0 Å². The Morgan fingerprint density at radius 2 is 2.12 bits per heavy atom. The molecule has 1 heterocycles. The second-order valence-corrected chi connectivity index (χ2v) is 6.19. The van der Waals surface area contributed by atoms with E-state index < -0.39 is 10.0 Å². The van der Waals surface area contributed by atoms with Gasteiger partial charge in [0, 0.05) is 13.0 Å². The molecular weight excluding hydrogens is 312 g/mol. The molecule has 96 valence electrons. The minimum atomic E-state index is -3.79. The Morgan fingerprint density at radius 1 is 1.53 bits per heavy atom. The quantitative estimate of drug-likeness (QED) is 0.827. The summed E-state index contributed by atoms with van der Waals surface area (Å²) in [6, 6.07) is 0. The van der Waals surface area contributed by atoms with E-state index in [1.54, 1.807) is 13.8 Å². The standard InChI is InChI=1S/C8H13BrN4O3S/c1-5(2)6(14)4-10-17(15,16)8-7(9)11-12-13(8)3/h5,10H,4H2,1-3H3. The zero-order valence-corrected chi connectivity index (χ0v) is 12.0. The van der Waals surface area contributed by atoms with Crippen LogP contribution >= 0.6 is 15.9 Å². The summed E-state index contributed by atoms with van der Waals surface area (Å²) in [5.41, 5.74) is 0. The zero-order chi connectivity index (χ0) is 13.2. The van der Waals surface area contributed by atoms with Crippen molar-refractivity contribution in [1.82, 2.24) is 19.7 Å². The van der Waals surface area contributed by atoms with Crippen molar-refractivity contribution in [2.45, 2.75) is 18.9 Å². The van der Waals surface area contributed by atoms with E-state index in [1.807, 2.05) is 0 Å². The van der Waals surface area contributed by atoms with Gasteiger partial charge >= 0.3 is 0 Å². The van der Waals surface area contributed by atoms with Gasteiger partial charge < -0.3 is 0 Å². The van der Waals surface area contributed by atoms with Crippen molar-refractivity contribution in [1.29, 1.82) is 0 Å². The number of carbonyl (C=O) groups is 1. The maximum Gasteiger partial charge on any atom is 0.260 e. The fourth-order valence-electron chi connectivity index (χ4n) is 1.05. The molecule has 0 fully saturated rings. The third-order valence-electron chi connectivity index (χ3n) is 2.07. The smallest absolute Gasteiger partial charge is 0.260 e. The summed E-state index contributed by atoms with van der Waals surface area (Å²) in [6.45, 7) is 3.17. The Hall–Kier alpha value is -0.800. The number of carbonyl (C=O) groups excluding carboxylic acids is 1. The minimum Gasteiger partial charge on any atom is -0.298 e. The highest BCUT2D eigenvalue weighted by molar-refractivity contribution is 9.10. The Balaban J connectivity index is 2.87. The number of sulfonamides is 1. The number of nitrogens with one attached hydrogen (secondary N) is 1. The lowest BCUT2D eigenvalue weighted by molar-refractivity contribution is -0.120. The number of Topliss-reactive ketones (excluding diaryl/α,β-unsaturated/α-hetero) is 1. The summed E-state index contributed by atoms with van der Waals surface area (Å²) < 4.78 is 27.2. The van der Waals surface area contributed by atoms with Crippen LogP contribution in [0.25, 0.3) is 0 Å². The van der Waals surface area contributed by atoms with Crippen LogP contribution in [0.2, 0.25) is 0 Å². The van der Waals surface area contributed by atoms with Gasteiger partial charge in [0.25, 0.3) is 10.0 Å². The normalized spacial score (nSPS) is 12.1. The molecule has 0 aliphatic rings. The molecule has 0 saturated heterocycles. The number of nitrogens with zero attached hydrogens (tertiary/aromatic N) is 3. The molecule has 7 nitrogen and oxygen atoms in total. The van der Waals surface area contributed by atoms with Gasteiger partial charge in [-0.3, -0.25) is 4.79 Å². The van der Waals surface area contributed by atoms with Gasteiger partial charge in [-0.25, -0.2) is 17.8 Å². The van der Waals surface area contributed by atoms with Gasteiger partial charge in [-0.05, 0) is 15.9 Å². The molecule has 17 heavy (non-hydrogen) atoms. The number of ketones is 1. The molecule has 1 rings (SSSR count). The summed E-state index contributed by atoms with van der Waals surface area (Å²) >= 11 is 2.99. The van der Waals surface area contributed by atoms with Crippen molar-refractivity contribution < 1.29 is 13.2 Å². The first-order valence-electron chi connectivity index (χ1n) is 4.83. The van der Waals surface area contributed by atoms with E-state index in [2.05, 4.69) is 31.0 Å². The number of halogens is 1. The van der Waals surface area contributed by atoms with Gasteiger partial charge in [-0.1, -0.05) is 19.1 Å². The molecule has 0 bridgehead atoms. The van der Waals surface area contributed by atoms with Crippen molar-refractivity contribution in [3.63, 3.8) is 0 Å². The highest BCUT2D eigenvalue weighted by Crippen LogP contribution is 2.17. The molecule has 0 aliphatic heterocycles. The Kier molecular flexibility index (Phi) is 4.39. The summed E-state index contributed by atoms with van der Waals surface area (Å²) in [4.78, 5) is 11.4. The second kappa shape index (κ2) is 5.23. The van der Waals surface area contributed by atoms with Crippen LogP contribution in [-0.2, 0) is 21.9 Å². The van der Waals surface area contributed by atoms with Crippen LogP contribution in [0, 0.1) is 5.92 Å². The van der Waals surface area contributed by atoms with E-state index in [9.17, 15) is 13.2 Å². The van der Waals surface area contributed by atoms with Crippen molar-refractivity contribution in [2.24, 2.45) is 13.0 Å². The lowest BCUT2D eigenvalue weighted by atomic mass is 10.1. The monoisotopic (exact) mass is 324 g/mol. The van der Waals surface area contributed by atoms with Crippen LogP contribution in [0.4, 0.5) is 0 Å². The van der Waals surface area contributed by atoms with Crippen LogP contribution in [0.15, 0.2) is 9.63 Å². The molecule has 1 N–H and O–H groups in total. The Labute approximate surface area is 108 Å². The molecule has 9 heteroatoms. The summed E-state index contributed by atoms with van der Waals surface area (Å²) in [5, 5.41) is 7.03. The predicted molar refractivity (Wildman–Crippen MR) is 63.7 cm³/mol. The third kappa shape index (κ3) is 3.33. The number of aryl methyl sites for hydroxylation is 1. The number of aromatic nitrogens is 3. The first-order chi connectivity index (χ1) is 7.75. The molecule has 0 aliphatic carbocycles. The van der Waals surface area contributed by atoms with Gasteiger partial charge in [0.2, 0.25) is 5.03 Å². The number of hydrogen-bond donors (Lipinski definition) is 1. The summed E-state index contributed by atoms with van der Waals surface area (Å²) in [7, 11) is -2.33. The highest BCUT2D eigenvalue weighted by atomic mass is 79.9. The topological polar surface area (TPSA) is 93.9 Å². The van der Waals surface area contributed by atoms with Gasteiger partial charge in [0.05, 0.1) is 6.54 Å². The third-order valence-corrected chi connectivity index (χ3v) is 4.36. The van der Waals surface area contributed by atoms with Crippen molar-refractivity contribution in [3.8, 4) is 0 Å². The number of rotatable bonds is 5. The van der Waals surface area contributed by atoms with Gasteiger partial charge in [-0.2, -0.15) is 0 Å². The minimum absolute atomic E-state index is 0.103. The molecule has 0 radical (unpaired) electrons. The Morgan fingerprint density at radius 3 is 2.53 bits per heavy atom. The molecule has 0 amide bonds. The molecule has 0 spiro atoms. The molecule has 0 aromatic carbocycles. The fourth-order valence-corrected chi connectivity index (χ4v) is 3.13. The lowest BCUT2D eigenvalue weighted by Gasteiger charge is -2.07. The SMILES string of the molecule is CC(C)C(=O)CNS(=O)(=O)c1c(Br)nnn1C. The first-order valence-corrected chi connectivity index (χ1v) is 7.11. The molecule has 0 saturated carbocycles. The van der Waals surface area contributed by atoms with Crippen molar-refractivity contribution in [2.75, 3.05) is 6.54 Å². The van der Waals surface area contributed by atoms with Gasteiger partial charge in [0.1, 0.15) is 5.78 Å². The second-order valence-electron chi connectivity index (χ2n) is 3.75. The highest BCUT2D eigenvalue weighted by Gasteiger charge is 2.24. The van der Waals surface area contributed by atoms with E-state index in [-0.39, 0.29) is 27.9 Å². The Bertz CT molecular complexity index is 503. The average molecular weight is 325 g/mol. The van der Waals surface area contributed by atoms with Crippen molar-refractivity contribution >= 4 is 31.7 Å². The van der Waals surface area contributed by atoms with Crippen LogP contribution in [-0.4, -0.2) is 35.7 Å². The fraction of sp³-hybridized carbons (Fsp3) is 0.625. The molecule has 1 aromatic heterocycles. The largest absolute Gasteiger partial charge is 0.298 e. The average Bonchev–Trinajstić information content (AvgIpc) is 2.55. The van der Waals surface area contributed by atoms with E-state index in [0.29, 0.717) is 0 Å². The van der Waals surface area contributed by atoms with E-state index in [0.717, 1.165) is 4.68 Å². The van der Waals surface area contributed by atoms with Gasteiger partial charge in [-0.15, -0.1) is 5.10 Å². The summed E-state index contributed by atoms with van der Waals surface area (Å²) in [6.07, 6.45) is 0. The molecule has 0 atom stereocenters. The van der Waals surface area contributed by atoms with E-state index in [4.69, 9.17) is 0 Å². The van der Waals surface area contributed by atoms with Crippen molar-refractivity contribution in [3.05, 3.63) is 4.60 Å². The van der Waals surface area contributed by atoms with E-state index in [1.165, 1.54) is 7.05 Å². The maximum atomic E-state index is 11.9.